The SMILES string of the molecule is COc1ccc(CNC2NCNC3C2CCN3C2CC(CN(C)C3CC(CCC4Nc5ccc(C6COC6)cc5N4)C3)C3OC(C)(C)OC32)c(OC)c1. The number of methoxy groups -OCH3 is 2. The second-order valence-electron chi connectivity index (χ2n) is 17.3. The highest BCUT2D eigenvalue weighted by molar-refractivity contribution is 5.75. The number of nitrogens with zero attached hydrogens (tertiary/aromatic N) is 2. The summed E-state index contributed by atoms with van der Waals surface area (Å²) in [5, 5.41) is 18.8. The van der Waals surface area contributed by atoms with Crippen LogP contribution < -0.4 is 36.1 Å². The second kappa shape index (κ2) is 14.8. The summed E-state index contributed by atoms with van der Waals surface area (Å²) in [6.45, 7) is 9.51. The number of anilines is 2. The first-order valence-corrected chi connectivity index (χ1v) is 20.2. The maximum Gasteiger partial charge on any atom is 0.163 e. The van der Waals surface area contributed by atoms with E-state index in [-0.39, 0.29) is 18.4 Å². The molecule has 12 heteroatoms. The summed E-state index contributed by atoms with van der Waals surface area (Å²) in [6, 6.07) is 13.9. The van der Waals surface area contributed by atoms with Gasteiger partial charge >= 0.3 is 0 Å². The molecule has 4 saturated heterocycles. The normalized spacial score (nSPS) is 35.9. The van der Waals surface area contributed by atoms with E-state index in [2.05, 4.69) is 81.5 Å². The highest BCUT2D eigenvalue weighted by Crippen LogP contribution is 2.47. The van der Waals surface area contributed by atoms with Crippen LogP contribution in [0.1, 0.15) is 69.4 Å². The number of hydrogen-bond acceptors (Lipinski definition) is 12. The van der Waals surface area contributed by atoms with Crippen LogP contribution in [0.2, 0.25) is 0 Å². The minimum atomic E-state index is -0.552. The number of likely N-dealkylation sites (tertiary alicyclic amines) is 1. The third kappa shape index (κ3) is 7.15. The number of rotatable bonds is 13. The molecule has 2 aromatic rings. The summed E-state index contributed by atoms with van der Waals surface area (Å²) in [6.07, 6.45) is 8.28. The summed E-state index contributed by atoms with van der Waals surface area (Å²) in [5.74, 6) is 3.35. The molecule has 8 atom stereocenters. The van der Waals surface area contributed by atoms with E-state index in [0.29, 0.717) is 42.2 Å². The molecule has 0 aromatic heterocycles. The van der Waals surface area contributed by atoms with Crippen LogP contribution in [0.3, 0.4) is 0 Å². The highest BCUT2D eigenvalue weighted by atomic mass is 16.8. The molecule has 8 unspecified atom stereocenters. The Kier molecular flexibility index (Phi) is 10.0. The summed E-state index contributed by atoms with van der Waals surface area (Å²) in [5.41, 5.74) is 5.01. The highest BCUT2D eigenvalue weighted by Gasteiger charge is 2.58. The molecule has 0 bridgehead atoms. The first-order chi connectivity index (χ1) is 25.7. The average Bonchev–Trinajstić information content (AvgIpc) is 3.87. The van der Waals surface area contributed by atoms with Crippen molar-refractivity contribution >= 4 is 11.4 Å². The summed E-state index contributed by atoms with van der Waals surface area (Å²) >= 11 is 0. The van der Waals surface area contributed by atoms with Gasteiger partial charge < -0.3 is 39.2 Å². The Hall–Kier alpha value is -2.68. The molecule has 290 valence electrons. The maximum absolute atomic E-state index is 6.73. The van der Waals surface area contributed by atoms with Crippen molar-refractivity contribution in [1.29, 1.82) is 0 Å². The topological polar surface area (TPSA) is 113 Å². The smallest absolute Gasteiger partial charge is 0.163 e. The Balaban J connectivity index is 0.771. The molecule has 9 rings (SSSR count). The van der Waals surface area contributed by atoms with Gasteiger partial charge in [-0.05, 0) is 89.1 Å². The van der Waals surface area contributed by atoms with E-state index in [1.165, 1.54) is 36.2 Å². The van der Waals surface area contributed by atoms with Crippen molar-refractivity contribution in [1.82, 2.24) is 25.8 Å². The third-order valence-corrected chi connectivity index (χ3v) is 13.6. The molecule has 2 saturated carbocycles. The number of ether oxygens (including phenoxy) is 5. The van der Waals surface area contributed by atoms with Crippen molar-refractivity contribution in [2.45, 2.75) is 113 Å². The van der Waals surface area contributed by atoms with Gasteiger partial charge in [0, 0.05) is 67.8 Å². The van der Waals surface area contributed by atoms with Gasteiger partial charge in [-0.1, -0.05) is 12.1 Å². The molecule has 0 amide bonds. The van der Waals surface area contributed by atoms with E-state index in [4.69, 9.17) is 23.7 Å². The zero-order valence-corrected chi connectivity index (χ0v) is 32.2. The minimum absolute atomic E-state index is 0.0941. The summed E-state index contributed by atoms with van der Waals surface area (Å²) in [7, 11) is 5.76. The van der Waals surface area contributed by atoms with Gasteiger partial charge in [-0.3, -0.25) is 20.9 Å². The maximum atomic E-state index is 6.73. The molecular weight excluding hydrogens is 670 g/mol. The lowest BCUT2D eigenvalue weighted by molar-refractivity contribution is -0.165. The fourth-order valence-corrected chi connectivity index (χ4v) is 10.5. The van der Waals surface area contributed by atoms with Gasteiger partial charge in [0.1, 0.15) is 17.6 Å². The van der Waals surface area contributed by atoms with E-state index >= 15 is 0 Å². The molecule has 0 radical (unpaired) electrons. The van der Waals surface area contributed by atoms with Crippen LogP contribution in [-0.2, 0) is 20.8 Å². The Morgan fingerprint density at radius 3 is 2.57 bits per heavy atom. The van der Waals surface area contributed by atoms with E-state index < -0.39 is 5.79 Å². The number of benzene rings is 2. The van der Waals surface area contributed by atoms with Gasteiger partial charge in [-0.25, -0.2) is 0 Å². The predicted octanol–water partition coefficient (Wildman–Crippen LogP) is 4.29. The molecule has 5 heterocycles. The Morgan fingerprint density at radius 2 is 1.77 bits per heavy atom. The molecule has 53 heavy (non-hydrogen) atoms. The first-order valence-electron chi connectivity index (χ1n) is 20.2. The van der Waals surface area contributed by atoms with E-state index in [0.717, 1.165) is 81.8 Å². The van der Waals surface area contributed by atoms with Crippen LogP contribution in [0.25, 0.3) is 0 Å². The van der Waals surface area contributed by atoms with Gasteiger partial charge in [0.15, 0.2) is 5.79 Å². The van der Waals surface area contributed by atoms with E-state index in [1.54, 1.807) is 14.2 Å². The van der Waals surface area contributed by atoms with Crippen LogP contribution in [0.5, 0.6) is 11.5 Å². The van der Waals surface area contributed by atoms with Crippen LogP contribution in [0.4, 0.5) is 11.4 Å². The molecule has 5 aliphatic heterocycles. The lowest BCUT2D eigenvalue weighted by Crippen LogP contribution is -2.65. The summed E-state index contributed by atoms with van der Waals surface area (Å²) < 4.78 is 29.9. The van der Waals surface area contributed by atoms with Gasteiger partial charge in [0.25, 0.3) is 0 Å². The molecule has 12 nitrogen and oxygen atoms in total. The first kappa shape index (κ1) is 36.0. The van der Waals surface area contributed by atoms with Gasteiger partial charge in [0.2, 0.25) is 0 Å². The fraction of sp³-hybridized carbons (Fsp3) is 0.707. The molecule has 6 fully saturated rings. The number of nitrogens with one attached hydrogen (secondary N) is 5. The number of hydrogen-bond donors (Lipinski definition) is 5. The molecule has 5 N–H and O–H groups in total. The van der Waals surface area contributed by atoms with Crippen LogP contribution in [0, 0.1) is 17.8 Å². The van der Waals surface area contributed by atoms with Crippen LogP contribution in [-0.4, -0.2) is 113 Å². The van der Waals surface area contributed by atoms with Gasteiger partial charge in [-0.15, -0.1) is 0 Å². The molecule has 2 aromatic carbocycles. The van der Waals surface area contributed by atoms with Gasteiger partial charge in [0.05, 0.1) is 63.4 Å². The standard InChI is InChI=1S/C41H61N7O5/c1-41(2)52-37-27(20-47(3)29-14-24(15-29)6-11-36-45-32-10-8-25(16-33(32)46-36)28-21-51-22-28)17-34(38(37)53-41)48-13-12-31-39(43-23-44-40(31)48)42-19-26-7-9-30(49-4)18-35(26)50-5/h7-10,16,18,24,27-29,31,34,36-40,42-46H,6,11-15,17,19-23H2,1-5H3. The van der Waals surface area contributed by atoms with E-state index in [1.807, 2.05) is 12.1 Å². The predicted molar refractivity (Wildman–Crippen MR) is 205 cm³/mol. The fourth-order valence-electron chi connectivity index (χ4n) is 10.5. The number of fused-ring (bicyclic) bond motifs is 3. The minimum Gasteiger partial charge on any atom is -0.497 e. The molecule has 7 aliphatic rings. The quantitative estimate of drug-likeness (QED) is 0.203. The van der Waals surface area contributed by atoms with Crippen molar-refractivity contribution in [3.63, 3.8) is 0 Å². The van der Waals surface area contributed by atoms with Crippen molar-refractivity contribution in [3.8, 4) is 11.5 Å². The molecular formula is C41H61N7O5. The Bertz CT molecular complexity index is 1600. The largest absolute Gasteiger partial charge is 0.497 e. The lowest BCUT2D eigenvalue weighted by atomic mass is 9.76. The summed E-state index contributed by atoms with van der Waals surface area (Å²) in [4.78, 5) is 5.37. The van der Waals surface area contributed by atoms with Crippen molar-refractivity contribution < 1.29 is 23.7 Å². The van der Waals surface area contributed by atoms with E-state index in [9.17, 15) is 0 Å². The zero-order chi connectivity index (χ0) is 36.3. The van der Waals surface area contributed by atoms with Crippen LogP contribution >= 0.6 is 0 Å². The average molecular weight is 732 g/mol. The molecule has 0 spiro atoms. The van der Waals surface area contributed by atoms with Gasteiger partial charge in [-0.2, -0.15) is 0 Å². The molecule has 2 aliphatic carbocycles. The van der Waals surface area contributed by atoms with Crippen molar-refractivity contribution in [2.24, 2.45) is 17.8 Å². The zero-order valence-electron chi connectivity index (χ0n) is 32.2. The van der Waals surface area contributed by atoms with Crippen molar-refractivity contribution in [3.05, 3.63) is 47.5 Å². The Labute approximate surface area is 315 Å². The Morgan fingerprint density at radius 1 is 0.943 bits per heavy atom. The lowest BCUT2D eigenvalue weighted by Gasteiger charge is -2.43. The van der Waals surface area contributed by atoms with Crippen LogP contribution in [0.15, 0.2) is 36.4 Å². The third-order valence-electron chi connectivity index (χ3n) is 13.6. The van der Waals surface area contributed by atoms with Crippen molar-refractivity contribution in [2.75, 3.05) is 64.9 Å². The second-order valence-corrected chi connectivity index (χ2v) is 17.3. The monoisotopic (exact) mass is 731 g/mol.